The maximum Gasteiger partial charge on any atom is 0.344 e. The van der Waals surface area contributed by atoms with Crippen molar-refractivity contribution in [1.82, 2.24) is 10.1 Å². The fourth-order valence-corrected chi connectivity index (χ4v) is 3.22. The number of amides is 1. The molecule has 0 radical (unpaired) electrons. The normalized spacial score (nSPS) is 10.6. The van der Waals surface area contributed by atoms with Gasteiger partial charge in [-0.2, -0.15) is 0 Å². The van der Waals surface area contributed by atoms with E-state index in [2.05, 4.69) is 5.16 Å². The Morgan fingerprint density at radius 2 is 1.79 bits per heavy atom. The van der Waals surface area contributed by atoms with Crippen LogP contribution in [0.15, 0.2) is 64.0 Å². The van der Waals surface area contributed by atoms with Crippen molar-refractivity contribution in [1.29, 1.82) is 0 Å². The number of aryl methyl sites for hydroxylation is 1. The Morgan fingerprint density at radius 3 is 2.45 bits per heavy atom. The first-order valence-electron chi connectivity index (χ1n) is 9.05. The molecule has 0 atom stereocenters. The van der Waals surface area contributed by atoms with Crippen LogP contribution in [0, 0.1) is 6.92 Å². The molecule has 6 nitrogen and oxygen atoms in total. The van der Waals surface area contributed by atoms with Crippen LogP contribution in [-0.4, -0.2) is 41.8 Å². The minimum Gasteiger partial charge on any atom is -0.452 e. The van der Waals surface area contributed by atoms with Crippen LogP contribution in [-0.2, 0) is 16.1 Å². The quantitative estimate of drug-likeness (QED) is 0.430. The molecule has 0 bridgehead atoms. The van der Waals surface area contributed by atoms with Crippen molar-refractivity contribution < 1.29 is 18.8 Å². The molecule has 0 saturated carbocycles. The van der Waals surface area contributed by atoms with Gasteiger partial charge in [-0.3, -0.25) is 4.79 Å². The molecule has 0 unspecified atom stereocenters. The smallest absolute Gasteiger partial charge is 0.344 e. The molecule has 150 valence electrons. The van der Waals surface area contributed by atoms with E-state index >= 15 is 0 Å². The van der Waals surface area contributed by atoms with Gasteiger partial charge in [0, 0.05) is 24.1 Å². The van der Waals surface area contributed by atoms with Crippen LogP contribution in [0.1, 0.15) is 21.7 Å². The molecule has 0 N–H and O–H groups in total. The zero-order valence-electron chi connectivity index (χ0n) is 16.5. The number of aromatic nitrogens is 1. The monoisotopic (exact) mass is 410 g/mol. The average Bonchev–Trinajstić information content (AvgIpc) is 3.14. The molecule has 3 aromatic rings. The molecular weight excluding hydrogens is 388 g/mol. The predicted octanol–water partition coefficient (Wildman–Crippen LogP) is 4.19. The maximum atomic E-state index is 12.6. The first kappa shape index (κ1) is 20.7. The lowest BCUT2D eigenvalue weighted by molar-refractivity contribution is -0.133. The van der Waals surface area contributed by atoms with Crippen molar-refractivity contribution in [3.63, 3.8) is 0 Å². The van der Waals surface area contributed by atoms with E-state index < -0.39 is 5.97 Å². The fourth-order valence-electron chi connectivity index (χ4n) is 2.81. The summed E-state index contributed by atoms with van der Waals surface area (Å²) in [5, 5.41) is 3.97. The Hall–Kier alpha value is -3.06. The number of esters is 1. The predicted molar refractivity (Wildman–Crippen MR) is 112 cm³/mol. The van der Waals surface area contributed by atoms with E-state index in [1.165, 1.54) is 4.90 Å². The Balaban J connectivity index is 1.61. The highest BCUT2D eigenvalue weighted by Crippen LogP contribution is 2.25. The van der Waals surface area contributed by atoms with E-state index in [1.807, 2.05) is 60.9 Å². The lowest BCUT2D eigenvalue weighted by atomic mass is 10.1. The summed E-state index contributed by atoms with van der Waals surface area (Å²) in [6, 6.07) is 17.2. The van der Waals surface area contributed by atoms with Gasteiger partial charge in [0.15, 0.2) is 6.61 Å². The number of benzene rings is 2. The van der Waals surface area contributed by atoms with Crippen molar-refractivity contribution in [2.24, 2.45) is 0 Å². The highest BCUT2D eigenvalue weighted by molar-refractivity contribution is 7.98. The van der Waals surface area contributed by atoms with Crippen molar-refractivity contribution in [2.45, 2.75) is 18.4 Å². The van der Waals surface area contributed by atoms with Crippen LogP contribution in [0.4, 0.5) is 0 Å². The standard InChI is InChI=1S/C22H22N2O4S/c1-15-20(21(23-28-15)17-7-5-4-6-8-17)22(26)27-14-19(25)24(2)13-16-9-11-18(29-3)12-10-16/h4-12H,13-14H2,1-3H3. The molecule has 2 aromatic carbocycles. The minimum atomic E-state index is -0.631. The van der Waals surface area contributed by atoms with Gasteiger partial charge >= 0.3 is 5.97 Å². The molecule has 3 rings (SSSR count). The SMILES string of the molecule is CSc1ccc(CN(C)C(=O)COC(=O)c2c(-c3ccccc3)noc2C)cc1. The summed E-state index contributed by atoms with van der Waals surface area (Å²) in [6.07, 6.45) is 2.01. The molecule has 0 aliphatic rings. The van der Waals surface area contributed by atoms with E-state index in [-0.39, 0.29) is 18.1 Å². The molecule has 1 aromatic heterocycles. The lowest BCUT2D eigenvalue weighted by Crippen LogP contribution is -2.30. The Bertz CT molecular complexity index is 984. The van der Waals surface area contributed by atoms with Gasteiger partial charge in [0.1, 0.15) is 17.0 Å². The molecule has 0 saturated heterocycles. The number of hydrogen-bond donors (Lipinski definition) is 0. The number of carbonyl (C=O) groups is 2. The summed E-state index contributed by atoms with van der Waals surface area (Å²) in [4.78, 5) is 27.7. The number of likely N-dealkylation sites (N-methyl/N-ethyl adjacent to an activating group) is 1. The highest BCUT2D eigenvalue weighted by Gasteiger charge is 2.24. The minimum absolute atomic E-state index is 0.235. The first-order valence-corrected chi connectivity index (χ1v) is 10.3. The van der Waals surface area contributed by atoms with E-state index in [9.17, 15) is 9.59 Å². The second kappa shape index (κ2) is 9.43. The van der Waals surface area contributed by atoms with Gasteiger partial charge < -0.3 is 14.2 Å². The summed E-state index contributed by atoms with van der Waals surface area (Å²) < 4.78 is 10.4. The molecule has 7 heteroatoms. The van der Waals surface area contributed by atoms with Crippen LogP contribution >= 0.6 is 11.8 Å². The summed E-state index contributed by atoms with van der Waals surface area (Å²) >= 11 is 1.66. The zero-order valence-corrected chi connectivity index (χ0v) is 17.4. The zero-order chi connectivity index (χ0) is 20.8. The summed E-state index contributed by atoms with van der Waals surface area (Å²) in [7, 11) is 1.68. The number of ether oxygens (including phenoxy) is 1. The molecular formula is C22H22N2O4S. The number of carbonyl (C=O) groups excluding carboxylic acids is 2. The van der Waals surface area contributed by atoms with Gasteiger partial charge in [0.05, 0.1) is 0 Å². The second-order valence-electron chi connectivity index (χ2n) is 6.50. The van der Waals surface area contributed by atoms with Gasteiger partial charge in [0.25, 0.3) is 5.91 Å². The van der Waals surface area contributed by atoms with Gasteiger partial charge in [-0.15, -0.1) is 11.8 Å². The van der Waals surface area contributed by atoms with Crippen LogP contribution in [0.25, 0.3) is 11.3 Å². The molecule has 0 aliphatic carbocycles. The van der Waals surface area contributed by atoms with E-state index in [0.717, 1.165) is 16.0 Å². The third kappa shape index (κ3) is 5.06. The number of thioether (sulfide) groups is 1. The molecule has 0 spiro atoms. The topological polar surface area (TPSA) is 72.6 Å². The highest BCUT2D eigenvalue weighted by atomic mass is 32.2. The fraction of sp³-hybridized carbons (Fsp3) is 0.227. The van der Waals surface area contributed by atoms with Crippen LogP contribution < -0.4 is 0 Å². The molecule has 1 amide bonds. The van der Waals surface area contributed by atoms with Crippen LogP contribution in [0.5, 0.6) is 0 Å². The van der Waals surface area contributed by atoms with Crippen molar-refractivity contribution in [3.8, 4) is 11.3 Å². The Kier molecular flexibility index (Phi) is 6.72. The Labute approximate surface area is 173 Å². The average molecular weight is 410 g/mol. The molecule has 1 heterocycles. The molecule has 0 fully saturated rings. The van der Waals surface area contributed by atoms with Crippen LogP contribution in [0.2, 0.25) is 0 Å². The third-order valence-electron chi connectivity index (χ3n) is 4.45. The number of rotatable bonds is 7. The second-order valence-corrected chi connectivity index (χ2v) is 7.38. The summed E-state index contributed by atoms with van der Waals surface area (Å²) in [5.74, 6) is -0.570. The Morgan fingerprint density at radius 1 is 1.10 bits per heavy atom. The first-order chi connectivity index (χ1) is 14.0. The van der Waals surface area contributed by atoms with Gasteiger partial charge in [-0.1, -0.05) is 47.6 Å². The maximum absolute atomic E-state index is 12.6. The van der Waals surface area contributed by atoms with Crippen LogP contribution in [0.3, 0.4) is 0 Å². The van der Waals surface area contributed by atoms with Crippen molar-refractivity contribution in [2.75, 3.05) is 19.9 Å². The van der Waals surface area contributed by atoms with E-state index in [1.54, 1.807) is 25.7 Å². The van der Waals surface area contributed by atoms with Crippen molar-refractivity contribution >= 4 is 23.6 Å². The van der Waals surface area contributed by atoms with E-state index in [0.29, 0.717) is 18.0 Å². The third-order valence-corrected chi connectivity index (χ3v) is 5.19. The lowest BCUT2D eigenvalue weighted by Gasteiger charge is -2.17. The van der Waals surface area contributed by atoms with Gasteiger partial charge in [-0.05, 0) is 30.9 Å². The van der Waals surface area contributed by atoms with Gasteiger partial charge in [0.2, 0.25) is 0 Å². The largest absolute Gasteiger partial charge is 0.452 e. The molecule has 29 heavy (non-hydrogen) atoms. The summed E-state index contributed by atoms with van der Waals surface area (Å²) in [5.41, 5.74) is 2.39. The summed E-state index contributed by atoms with van der Waals surface area (Å²) in [6.45, 7) is 1.73. The number of hydrogen-bond acceptors (Lipinski definition) is 6. The molecule has 0 aliphatic heterocycles. The number of nitrogens with zero attached hydrogens (tertiary/aromatic N) is 2. The van der Waals surface area contributed by atoms with Crippen molar-refractivity contribution in [3.05, 3.63) is 71.5 Å². The van der Waals surface area contributed by atoms with E-state index in [4.69, 9.17) is 9.26 Å². The van der Waals surface area contributed by atoms with Gasteiger partial charge in [-0.25, -0.2) is 4.79 Å².